The maximum atomic E-state index is 14.3. The van der Waals surface area contributed by atoms with Crippen LogP contribution in [-0.4, -0.2) is 45.8 Å². The summed E-state index contributed by atoms with van der Waals surface area (Å²) in [6, 6.07) is 18.1. The van der Waals surface area contributed by atoms with Crippen molar-refractivity contribution >= 4 is 27.7 Å². The van der Waals surface area contributed by atoms with Crippen LogP contribution in [0.2, 0.25) is 0 Å². The second-order valence-electron chi connectivity index (χ2n) is 8.63. The lowest BCUT2D eigenvalue weighted by Crippen LogP contribution is -2.43. The van der Waals surface area contributed by atoms with Gasteiger partial charge in [-0.15, -0.1) is 0 Å². The Kier molecular flexibility index (Phi) is 10.1. The minimum Gasteiger partial charge on any atom is -0.345 e. The molecule has 0 aliphatic rings. The number of unbranched alkanes of at least 4 members (excludes halogenated alkanes) is 1. The molecule has 0 saturated carbocycles. The minimum absolute atomic E-state index is 0.00256. The molecular formula is C28H33BrFN3O2. The second-order valence-corrected chi connectivity index (χ2v) is 9.54. The molecule has 2 aromatic carbocycles. The SMILES string of the molecule is CCCCN(Cc1cccn1Cc1ccc(Br)cc1)C(=O)CN(CCC)C(=O)c1ccccc1F. The highest BCUT2D eigenvalue weighted by Crippen LogP contribution is 2.16. The van der Waals surface area contributed by atoms with Gasteiger partial charge in [-0.2, -0.15) is 0 Å². The number of carbonyl (C=O) groups excluding carboxylic acids is 2. The summed E-state index contributed by atoms with van der Waals surface area (Å²) >= 11 is 3.47. The molecule has 0 atom stereocenters. The molecule has 0 aliphatic heterocycles. The predicted molar refractivity (Wildman–Crippen MR) is 141 cm³/mol. The number of hydrogen-bond acceptors (Lipinski definition) is 2. The van der Waals surface area contributed by atoms with Crippen molar-refractivity contribution in [2.75, 3.05) is 19.6 Å². The van der Waals surface area contributed by atoms with Gasteiger partial charge in [0.05, 0.1) is 12.1 Å². The quantitative estimate of drug-likeness (QED) is 0.277. The lowest BCUT2D eigenvalue weighted by Gasteiger charge is -2.28. The molecule has 0 N–H and O–H groups in total. The zero-order valence-electron chi connectivity index (χ0n) is 20.4. The lowest BCUT2D eigenvalue weighted by molar-refractivity contribution is -0.132. The van der Waals surface area contributed by atoms with Crippen LogP contribution in [-0.2, 0) is 17.9 Å². The molecule has 2 amide bonds. The summed E-state index contributed by atoms with van der Waals surface area (Å²) in [5, 5.41) is 0. The van der Waals surface area contributed by atoms with Crippen molar-refractivity contribution in [3.63, 3.8) is 0 Å². The Bertz CT molecular complexity index is 1110. The molecule has 0 aliphatic carbocycles. The fraction of sp³-hybridized carbons (Fsp3) is 0.357. The maximum Gasteiger partial charge on any atom is 0.257 e. The van der Waals surface area contributed by atoms with Crippen LogP contribution in [0.1, 0.15) is 54.7 Å². The maximum absolute atomic E-state index is 14.3. The van der Waals surface area contributed by atoms with Crippen LogP contribution in [0.25, 0.3) is 0 Å². The molecule has 0 fully saturated rings. The molecule has 7 heteroatoms. The van der Waals surface area contributed by atoms with E-state index in [4.69, 9.17) is 0 Å². The number of carbonyl (C=O) groups is 2. The van der Waals surface area contributed by atoms with Gasteiger partial charge in [-0.25, -0.2) is 4.39 Å². The molecule has 35 heavy (non-hydrogen) atoms. The molecule has 186 valence electrons. The van der Waals surface area contributed by atoms with E-state index < -0.39 is 11.7 Å². The van der Waals surface area contributed by atoms with Gasteiger partial charge in [-0.1, -0.05) is 60.5 Å². The van der Waals surface area contributed by atoms with Crippen molar-refractivity contribution in [2.24, 2.45) is 0 Å². The fourth-order valence-corrected chi connectivity index (χ4v) is 4.23. The van der Waals surface area contributed by atoms with E-state index in [0.29, 0.717) is 32.6 Å². The van der Waals surface area contributed by atoms with Crippen LogP contribution < -0.4 is 0 Å². The van der Waals surface area contributed by atoms with Gasteiger partial charge in [0.15, 0.2) is 0 Å². The standard InChI is InChI=1S/C28H33BrFN3O2/c1-3-5-17-32(20-24-9-8-18-31(24)19-22-12-14-23(29)15-13-22)27(34)21-33(16-4-2)28(35)25-10-6-7-11-26(25)30/h6-15,18H,3-5,16-17,19-21H2,1-2H3. The number of nitrogens with zero attached hydrogens (tertiary/aromatic N) is 3. The summed E-state index contributed by atoms with van der Waals surface area (Å²) in [7, 11) is 0. The van der Waals surface area contributed by atoms with Crippen molar-refractivity contribution in [1.82, 2.24) is 14.4 Å². The Morgan fingerprint density at radius 3 is 2.34 bits per heavy atom. The summed E-state index contributed by atoms with van der Waals surface area (Å²) in [5.74, 6) is -1.15. The first-order chi connectivity index (χ1) is 16.9. The molecule has 1 heterocycles. The third kappa shape index (κ3) is 7.52. The topological polar surface area (TPSA) is 45.6 Å². The van der Waals surface area contributed by atoms with Gasteiger partial charge < -0.3 is 14.4 Å². The highest BCUT2D eigenvalue weighted by molar-refractivity contribution is 9.10. The smallest absolute Gasteiger partial charge is 0.257 e. The van der Waals surface area contributed by atoms with Crippen molar-refractivity contribution in [3.05, 3.63) is 94.0 Å². The van der Waals surface area contributed by atoms with Crippen LogP contribution >= 0.6 is 15.9 Å². The summed E-state index contributed by atoms with van der Waals surface area (Å²) in [4.78, 5) is 29.7. The second kappa shape index (κ2) is 13.2. The van der Waals surface area contributed by atoms with E-state index >= 15 is 0 Å². The zero-order valence-corrected chi connectivity index (χ0v) is 22.0. The molecule has 0 spiro atoms. The Morgan fingerprint density at radius 1 is 0.914 bits per heavy atom. The van der Waals surface area contributed by atoms with Crippen molar-refractivity contribution < 1.29 is 14.0 Å². The van der Waals surface area contributed by atoms with Gasteiger partial charge in [-0.05, 0) is 54.8 Å². The van der Waals surface area contributed by atoms with Gasteiger partial charge in [0.1, 0.15) is 12.4 Å². The summed E-state index contributed by atoms with van der Waals surface area (Å²) in [5.41, 5.74) is 2.19. The summed E-state index contributed by atoms with van der Waals surface area (Å²) < 4.78 is 17.4. The van der Waals surface area contributed by atoms with E-state index in [0.717, 1.165) is 23.0 Å². The zero-order chi connectivity index (χ0) is 25.2. The van der Waals surface area contributed by atoms with E-state index in [-0.39, 0.29) is 18.0 Å². The fourth-order valence-electron chi connectivity index (χ4n) is 3.96. The predicted octanol–water partition coefficient (Wildman–Crippen LogP) is 6.12. The van der Waals surface area contributed by atoms with Crippen LogP contribution in [0.4, 0.5) is 4.39 Å². The monoisotopic (exact) mass is 541 g/mol. The Labute approximate surface area is 215 Å². The molecule has 0 unspecified atom stereocenters. The van der Waals surface area contributed by atoms with E-state index in [1.807, 2.05) is 42.3 Å². The van der Waals surface area contributed by atoms with Gasteiger partial charge in [0.25, 0.3) is 5.91 Å². The normalized spacial score (nSPS) is 10.9. The number of hydrogen-bond donors (Lipinski definition) is 0. The Hall–Kier alpha value is -2.93. The number of benzene rings is 2. The lowest BCUT2D eigenvalue weighted by atomic mass is 10.1. The Balaban J connectivity index is 1.75. The van der Waals surface area contributed by atoms with E-state index in [1.54, 1.807) is 12.1 Å². The van der Waals surface area contributed by atoms with Crippen LogP contribution in [0, 0.1) is 5.82 Å². The third-order valence-electron chi connectivity index (χ3n) is 5.89. The molecule has 0 bridgehead atoms. The average Bonchev–Trinajstić information content (AvgIpc) is 3.29. The molecule has 0 saturated heterocycles. The van der Waals surface area contributed by atoms with Crippen LogP contribution in [0.3, 0.4) is 0 Å². The van der Waals surface area contributed by atoms with E-state index in [1.165, 1.54) is 22.6 Å². The molecule has 3 rings (SSSR count). The third-order valence-corrected chi connectivity index (χ3v) is 6.42. The first-order valence-electron chi connectivity index (χ1n) is 12.1. The number of rotatable bonds is 12. The Morgan fingerprint density at radius 2 is 1.66 bits per heavy atom. The van der Waals surface area contributed by atoms with Gasteiger partial charge in [0, 0.05) is 36.0 Å². The first-order valence-corrected chi connectivity index (χ1v) is 12.9. The molecule has 1 aromatic heterocycles. The van der Waals surface area contributed by atoms with Gasteiger partial charge in [-0.3, -0.25) is 9.59 Å². The van der Waals surface area contributed by atoms with Crippen molar-refractivity contribution in [3.8, 4) is 0 Å². The molecule has 5 nitrogen and oxygen atoms in total. The highest BCUT2D eigenvalue weighted by atomic mass is 79.9. The number of halogens is 2. The van der Waals surface area contributed by atoms with Gasteiger partial charge in [0.2, 0.25) is 5.91 Å². The van der Waals surface area contributed by atoms with Crippen molar-refractivity contribution in [1.29, 1.82) is 0 Å². The van der Waals surface area contributed by atoms with Crippen LogP contribution in [0.5, 0.6) is 0 Å². The van der Waals surface area contributed by atoms with E-state index in [9.17, 15) is 14.0 Å². The summed E-state index contributed by atoms with van der Waals surface area (Å²) in [6.45, 7) is 6.11. The minimum atomic E-state index is -0.570. The largest absolute Gasteiger partial charge is 0.345 e. The molecular weight excluding hydrogens is 509 g/mol. The number of amides is 2. The molecule has 0 radical (unpaired) electrons. The van der Waals surface area contributed by atoms with Crippen molar-refractivity contribution in [2.45, 2.75) is 46.2 Å². The number of aromatic nitrogens is 1. The van der Waals surface area contributed by atoms with E-state index in [2.05, 4.69) is 39.6 Å². The first kappa shape index (κ1) is 26.7. The van der Waals surface area contributed by atoms with Gasteiger partial charge >= 0.3 is 0 Å². The highest BCUT2D eigenvalue weighted by Gasteiger charge is 2.24. The molecule has 3 aromatic rings. The van der Waals surface area contributed by atoms with Crippen LogP contribution in [0.15, 0.2) is 71.3 Å². The average molecular weight is 542 g/mol. The summed E-state index contributed by atoms with van der Waals surface area (Å²) in [6.07, 6.45) is 4.52.